The highest BCUT2D eigenvalue weighted by molar-refractivity contribution is 7.09. The summed E-state index contributed by atoms with van der Waals surface area (Å²) in [6, 6.07) is 6.26. The monoisotopic (exact) mass is 365 g/mol. The van der Waals surface area contributed by atoms with Gasteiger partial charge in [0.1, 0.15) is 10.7 Å². The maximum absolute atomic E-state index is 12.1. The van der Waals surface area contributed by atoms with Gasteiger partial charge in [0.2, 0.25) is 0 Å². The maximum Gasteiger partial charge on any atom is 0.389 e. The highest BCUT2D eigenvalue weighted by Gasteiger charge is 2.26. The van der Waals surface area contributed by atoms with E-state index in [2.05, 4.69) is 10.3 Å². The lowest BCUT2D eigenvalue weighted by atomic mass is 10.1. The molecule has 126 valence electrons. The SMILES string of the molecule is Cl.NCc1nc(C(=O)Nc2ccc(CCC(F)(F)F)cc2)cs1. The number of aromatic nitrogens is 1. The number of amides is 1. The van der Waals surface area contributed by atoms with Crippen LogP contribution in [0.2, 0.25) is 0 Å². The Morgan fingerprint density at radius 1 is 1.26 bits per heavy atom. The number of nitrogens with two attached hydrogens (primary N) is 1. The van der Waals surface area contributed by atoms with Crippen LogP contribution in [0.25, 0.3) is 0 Å². The van der Waals surface area contributed by atoms with Crippen LogP contribution in [-0.4, -0.2) is 17.1 Å². The highest BCUT2D eigenvalue weighted by Crippen LogP contribution is 2.22. The van der Waals surface area contributed by atoms with Crippen molar-refractivity contribution >= 4 is 35.3 Å². The number of nitrogens with one attached hydrogen (secondary N) is 1. The summed E-state index contributed by atoms with van der Waals surface area (Å²) in [6.45, 7) is 0.270. The van der Waals surface area contributed by atoms with Crippen molar-refractivity contribution in [3.05, 3.63) is 45.9 Å². The van der Waals surface area contributed by atoms with Crippen molar-refractivity contribution in [1.82, 2.24) is 4.98 Å². The fraction of sp³-hybridized carbons (Fsp3) is 0.286. The van der Waals surface area contributed by atoms with Crippen LogP contribution >= 0.6 is 23.7 Å². The first kappa shape index (κ1) is 19.4. The van der Waals surface area contributed by atoms with E-state index in [1.54, 1.807) is 29.6 Å². The van der Waals surface area contributed by atoms with E-state index in [1.807, 2.05) is 0 Å². The zero-order valence-corrected chi connectivity index (χ0v) is 13.5. The molecule has 0 saturated heterocycles. The fourth-order valence-electron chi connectivity index (χ4n) is 1.74. The van der Waals surface area contributed by atoms with Gasteiger partial charge in [0.15, 0.2) is 0 Å². The average Bonchev–Trinajstić information content (AvgIpc) is 2.95. The zero-order valence-electron chi connectivity index (χ0n) is 11.9. The fourth-order valence-corrected chi connectivity index (χ4v) is 2.40. The van der Waals surface area contributed by atoms with E-state index in [0.29, 0.717) is 16.3 Å². The van der Waals surface area contributed by atoms with Gasteiger partial charge in [-0.05, 0) is 24.1 Å². The van der Waals surface area contributed by atoms with Crippen molar-refractivity contribution in [3.63, 3.8) is 0 Å². The Morgan fingerprint density at radius 3 is 2.43 bits per heavy atom. The quantitative estimate of drug-likeness (QED) is 0.847. The Balaban J connectivity index is 0.00000264. The molecule has 1 heterocycles. The summed E-state index contributed by atoms with van der Waals surface area (Å²) in [5, 5.41) is 4.90. The molecule has 3 N–H and O–H groups in total. The molecule has 0 saturated carbocycles. The molecule has 4 nitrogen and oxygen atoms in total. The van der Waals surface area contributed by atoms with Gasteiger partial charge in [-0.15, -0.1) is 23.7 Å². The molecule has 2 aromatic rings. The molecule has 0 unspecified atom stereocenters. The molecular weight excluding hydrogens is 351 g/mol. The number of anilines is 1. The predicted octanol–water partition coefficient (Wildman–Crippen LogP) is 3.77. The Bertz CT molecular complexity index is 643. The Labute approximate surface area is 141 Å². The van der Waals surface area contributed by atoms with Crippen LogP contribution in [-0.2, 0) is 13.0 Å². The van der Waals surface area contributed by atoms with Gasteiger partial charge < -0.3 is 11.1 Å². The molecular formula is C14H15ClF3N3OS. The first-order valence-corrected chi connectivity index (χ1v) is 7.37. The van der Waals surface area contributed by atoms with Crippen molar-refractivity contribution in [3.8, 4) is 0 Å². The third-order valence-electron chi connectivity index (χ3n) is 2.87. The number of alkyl halides is 3. The van der Waals surface area contributed by atoms with Crippen molar-refractivity contribution in [2.75, 3.05) is 5.32 Å². The van der Waals surface area contributed by atoms with E-state index in [-0.39, 0.29) is 37.0 Å². The van der Waals surface area contributed by atoms with Crippen molar-refractivity contribution < 1.29 is 18.0 Å². The van der Waals surface area contributed by atoms with Crippen LogP contribution in [0.15, 0.2) is 29.6 Å². The third-order valence-corrected chi connectivity index (χ3v) is 3.74. The number of benzene rings is 1. The number of carbonyl (C=O) groups excluding carboxylic acids is 1. The molecule has 0 aliphatic heterocycles. The number of thiazole rings is 1. The van der Waals surface area contributed by atoms with E-state index in [0.717, 1.165) is 0 Å². The summed E-state index contributed by atoms with van der Waals surface area (Å²) in [7, 11) is 0. The lowest BCUT2D eigenvalue weighted by Crippen LogP contribution is -2.13. The van der Waals surface area contributed by atoms with Crippen molar-refractivity contribution in [2.45, 2.75) is 25.6 Å². The highest BCUT2D eigenvalue weighted by atomic mass is 35.5. The second-order valence-corrected chi connectivity index (χ2v) is 5.54. The second kappa shape index (κ2) is 8.28. The lowest BCUT2D eigenvalue weighted by molar-refractivity contribution is -0.133. The molecule has 1 aromatic heterocycles. The summed E-state index contributed by atoms with van der Waals surface area (Å²) >= 11 is 1.30. The summed E-state index contributed by atoms with van der Waals surface area (Å²) in [5.74, 6) is -0.376. The van der Waals surface area contributed by atoms with Gasteiger partial charge in [0, 0.05) is 24.0 Å². The Kier molecular flexibility index (Phi) is 6.99. The molecule has 0 fully saturated rings. The van der Waals surface area contributed by atoms with E-state index in [9.17, 15) is 18.0 Å². The number of aryl methyl sites for hydroxylation is 1. The molecule has 1 aromatic carbocycles. The molecule has 0 bridgehead atoms. The zero-order chi connectivity index (χ0) is 16.2. The number of nitrogens with zero attached hydrogens (tertiary/aromatic N) is 1. The van der Waals surface area contributed by atoms with Gasteiger partial charge >= 0.3 is 6.18 Å². The minimum absolute atomic E-state index is 0. The molecule has 0 radical (unpaired) electrons. The number of rotatable bonds is 5. The lowest BCUT2D eigenvalue weighted by Gasteiger charge is -2.07. The van der Waals surface area contributed by atoms with Crippen LogP contribution in [0.1, 0.15) is 27.5 Å². The van der Waals surface area contributed by atoms with Gasteiger partial charge in [0.05, 0.1) is 0 Å². The summed E-state index contributed by atoms with van der Waals surface area (Å²) in [5.41, 5.74) is 6.76. The number of carbonyl (C=O) groups is 1. The molecule has 1 amide bonds. The van der Waals surface area contributed by atoms with Gasteiger partial charge in [-0.25, -0.2) is 4.98 Å². The second-order valence-electron chi connectivity index (χ2n) is 4.60. The molecule has 2 rings (SSSR count). The molecule has 0 spiro atoms. The van der Waals surface area contributed by atoms with E-state index in [1.165, 1.54) is 11.3 Å². The minimum Gasteiger partial charge on any atom is -0.325 e. The third kappa shape index (κ3) is 6.17. The van der Waals surface area contributed by atoms with Crippen molar-refractivity contribution in [2.24, 2.45) is 5.73 Å². The van der Waals surface area contributed by atoms with Crippen molar-refractivity contribution in [1.29, 1.82) is 0 Å². The van der Waals surface area contributed by atoms with E-state index in [4.69, 9.17) is 5.73 Å². The predicted molar refractivity (Wildman–Crippen MR) is 86.0 cm³/mol. The van der Waals surface area contributed by atoms with Gasteiger partial charge in [-0.2, -0.15) is 13.2 Å². The van der Waals surface area contributed by atoms with Crippen LogP contribution in [0.3, 0.4) is 0 Å². The van der Waals surface area contributed by atoms with E-state index < -0.39 is 12.6 Å². The van der Waals surface area contributed by atoms with E-state index >= 15 is 0 Å². The minimum atomic E-state index is -4.17. The summed E-state index contributed by atoms with van der Waals surface area (Å²) in [6.07, 6.45) is -5.11. The topological polar surface area (TPSA) is 68.0 Å². The summed E-state index contributed by atoms with van der Waals surface area (Å²) in [4.78, 5) is 16.0. The summed E-state index contributed by atoms with van der Waals surface area (Å²) < 4.78 is 36.4. The molecule has 0 aliphatic carbocycles. The van der Waals surface area contributed by atoms with Gasteiger partial charge in [-0.3, -0.25) is 4.79 Å². The molecule has 0 aliphatic rings. The normalized spacial score (nSPS) is 11.0. The number of hydrogen-bond donors (Lipinski definition) is 2. The molecule has 9 heteroatoms. The number of halogens is 4. The van der Waals surface area contributed by atoms with Gasteiger partial charge in [-0.1, -0.05) is 12.1 Å². The van der Waals surface area contributed by atoms with Crippen LogP contribution in [0.4, 0.5) is 18.9 Å². The Hall–Kier alpha value is -1.64. The molecule has 0 atom stereocenters. The van der Waals surface area contributed by atoms with Crippen LogP contribution in [0.5, 0.6) is 0 Å². The van der Waals surface area contributed by atoms with Crippen LogP contribution in [0, 0.1) is 0 Å². The largest absolute Gasteiger partial charge is 0.389 e. The average molecular weight is 366 g/mol. The standard InChI is InChI=1S/C14H14F3N3OS.ClH/c15-14(16,17)6-5-9-1-3-10(4-2-9)19-13(21)11-8-22-12(7-18)20-11;/h1-4,8H,5-7,18H2,(H,19,21);1H. The first-order valence-electron chi connectivity index (χ1n) is 6.49. The smallest absolute Gasteiger partial charge is 0.325 e. The first-order chi connectivity index (χ1) is 10.4. The van der Waals surface area contributed by atoms with Crippen LogP contribution < -0.4 is 11.1 Å². The number of hydrogen-bond acceptors (Lipinski definition) is 4. The molecule has 23 heavy (non-hydrogen) atoms. The maximum atomic E-state index is 12.1. The van der Waals surface area contributed by atoms with Gasteiger partial charge in [0.25, 0.3) is 5.91 Å². The Morgan fingerprint density at radius 2 is 1.91 bits per heavy atom.